The number of nitrogens with one attached hydrogen (secondary N) is 1. The van der Waals surface area contributed by atoms with Crippen LogP contribution in [0.4, 0.5) is 0 Å². The Labute approximate surface area is 173 Å². The van der Waals surface area contributed by atoms with E-state index in [9.17, 15) is 4.79 Å². The van der Waals surface area contributed by atoms with Crippen LogP contribution in [0.25, 0.3) is 10.9 Å². The molecule has 4 rings (SSSR count). The van der Waals surface area contributed by atoms with Crippen molar-refractivity contribution in [2.24, 2.45) is 7.05 Å². The Morgan fingerprint density at radius 1 is 1.00 bits per heavy atom. The molecule has 4 nitrogen and oxygen atoms in total. The van der Waals surface area contributed by atoms with Crippen molar-refractivity contribution in [1.29, 1.82) is 0 Å². The zero-order valence-electron chi connectivity index (χ0n) is 17.3. The second-order valence-corrected chi connectivity index (χ2v) is 8.13. The smallest absolute Gasteiger partial charge is 0.220 e. The number of carbonyl (C=O) groups excluding carboxylic acids is 1. The third-order valence-electron chi connectivity index (χ3n) is 6.09. The molecule has 1 saturated heterocycles. The summed E-state index contributed by atoms with van der Waals surface area (Å²) in [6.07, 6.45) is 6.56. The minimum Gasteiger partial charge on any atom is -0.355 e. The van der Waals surface area contributed by atoms with Gasteiger partial charge in [-0.1, -0.05) is 55.0 Å². The van der Waals surface area contributed by atoms with Gasteiger partial charge in [-0.3, -0.25) is 4.79 Å². The molecule has 1 fully saturated rings. The summed E-state index contributed by atoms with van der Waals surface area (Å²) in [4.78, 5) is 15.3. The fourth-order valence-electron chi connectivity index (χ4n) is 4.54. The van der Waals surface area contributed by atoms with Crippen molar-refractivity contribution in [3.8, 4) is 0 Å². The average molecular weight is 390 g/mol. The molecule has 1 amide bonds. The number of aryl methyl sites for hydroxylation is 1. The quantitative estimate of drug-likeness (QED) is 0.654. The fraction of sp³-hybridized carbons (Fsp3) is 0.400. The summed E-state index contributed by atoms with van der Waals surface area (Å²) in [6, 6.07) is 18.9. The minimum atomic E-state index is 0.0530. The monoisotopic (exact) mass is 389 g/mol. The third kappa shape index (κ3) is 4.70. The normalized spacial score (nSPS) is 16.0. The molecule has 0 saturated carbocycles. The van der Waals surface area contributed by atoms with Crippen molar-refractivity contribution in [1.82, 2.24) is 14.8 Å². The predicted molar refractivity (Wildman–Crippen MR) is 119 cm³/mol. The molecular weight excluding hydrogens is 358 g/mol. The van der Waals surface area contributed by atoms with Gasteiger partial charge >= 0.3 is 0 Å². The number of carbonyl (C=O) groups is 1. The van der Waals surface area contributed by atoms with Crippen molar-refractivity contribution in [2.45, 2.75) is 31.6 Å². The summed E-state index contributed by atoms with van der Waals surface area (Å²) in [5.74, 6) is 0.182. The molecule has 2 aromatic carbocycles. The number of benzene rings is 2. The molecule has 4 heteroatoms. The second-order valence-electron chi connectivity index (χ2n) is 8.13. The maximum Gasteiger partial charge on any atom is 0.220 e. The van der Waals surface area contributed by atoms with Crippen LogP contribution < -0.4 is 5.32 Å². The van der Waals surface area contributed by atoms with Gasteiger partial charge < -0.3 is 14.8 Å². The number of para-hydroxylation sites is 1. The lowest BCUT2D eigenvalue weighted by Crippen LogP contribution is -2.38. The van der Waals surface area contributed by atoms with Crippen LogP contribution >= 0.6 is 0 Å². The average Bonchev–Trinajstić information content (AvgIpc) is 3.10. The molecule has 1 aromatic heterocycles. The SMILES string of the molecule is Cn1cc(C(CC(=O)NCCN2CCCCC2)c2ccccc2)c2ccccc21. The molecule has 1 aliphatic heterocycles. The lowest BCUT2D eigenvalue weighted by molar-refractivity contribution is -0.121. The van der Waals surface area contributed by atoms with Crippen molar-refractivity contribution < 1.29 is 4.79 Å². The number of hydrogen-bond acceptors (Lipinski definition) is 2. The number of fused-ring (bicyclic) bond motifs is 1. The molecule has 1 N–H and O–H groups in total. The highest BCUT2D eigenvalue weighted by Crippen LogP contribution is 2.34. The number of amides is 1. The van der Waals surface area contributed by atoms with Crippen molar-refractivity contribution in [3.05, 3.63) is 71.9 Å². The van der Waals surface area contributed by atoms with Crippen LogP contribution in [-0.2, 0) is 11.8 Å². The molecule has 3 aromatic rings. The predicted octanol–water partition coefficient (Wildman–Crippen LogP) is 4.30. The van der Waals surface area contributed by atoms with Gasteiger partial charge in [0.05, 0.1) is 0 Å². The number of hydrogen-bond donors (Lipinski definition) is 1. The standard InChI is InChI=1S/C25H31N3O/c1-27-19-23(21-12-6-7-13-24(21)27)22(20-10-4-2-5-11-20)18-25(29)26-14-17-28-15-8-3-9-16-28/h2,4-7,10-13,19,22H,3,8-9,14-18H2,1H3,(H,26,29). The molecule has 0 bridgehead atoms. The maximum atomic E-state index is 12.8. The van der Waals surface area contributed by atoms with Gasteiger partial charge in [0.2, 0.25) is 5.91 Å². The van der Waals surface area contributed by atoms with Gasteiger partial charge in [0, 0.05) is 49.6 Å². The van der Waals surface area contributed by atoms with Crippen LogP contribution in [0.15, 0.2) is 60.8 Å². The van der Waals surface area contributed by atoms with Crippen LogP contribution in [0.3, 0.4) is 0 Å². The summed E-state index contributed by atoms with van der Waals surface area (Å²) in [6.45, 7) is 4.02. The van der Waals surface area contributed by atoms with E-state index in [4.69, 9.17) is 0 Å². The van der Waals surface area contributed by atoms with E-state index >= 15 is 0 Å². The van der Waals surface area contributed by atoms with Gasteiger partial charge in [-0.15, -0.1) is 0 Å². The van der Waals surface area contributed by atoms with Crippen molar-refractivity contribution in [3.63, 3.8) is 0 Å². The number of aromatic nitrogens is 1. The molecular formula is C25H31N3O. The minimum absolute atomic E-state index is 0.0530. The summed E-state index contributed by atoms with van der Waals surface area (Å²) < 4.78 is 2.16. The second kappa shape index (κ2) is 9.27. The van der Waals surface area contributed by atoms with E-state index in [1.165, 1.54) is 54.4 Å². The van der Waals surface area contributed by atoms with Crippen molar-refractivity contribution in [2.75, 3.05) is 26.2 Å². The Balaban J connectivity index is 1.50. The van der Waals surface area contributed by atoms with Crippen molar-refractivity contribution >= 4 is 16.8 Å². The molecule has 1 atom stereocenters. The van der Waals surface area contributed by atoms with Crippen LogP contribution in [0.5, 0.6) is 0 Å². The topological polar surface area (TPSA) is 37.3 Å². The Morgan fingerprint density at radius 3 is 2.52 bits per heavy atom. The number of nitrogens with zero attached hydrogens (tertiary/aromatic N) is 2. The van der Waals surface area contributed by atoms with E-state index in [-0.39, 0.29) is 11.8 Å². The first kappa shape index (κ1) is 19.7. The van der Waals surface area contributed by atoms with Gasteiger partial charge in [-0.2, -0.15) is 0 Å². The zero-order chi connectivity index (χ0) is 20.1. The number of piperidine rings is 1. The van der Waals surface area contributed by atoms with E-state index < -0.39 is 0 Å². The Hall–Kier alpha value is -2.59. The third-order valence-corrected chi connectivity index (χ3v) is 6.09. The first-order valence-electron chi connectivity index (χ1n) is 10.8. The van der Waals surface area contributed by atoms with Crippen LogP contribution in [-0.4, -0.2) is 41.6 Å². The first-order valence-corrected chi connectivity index (χ1v) is 10.8. The number of likely N-dealkylation sites (tertiary alicyclic amines) is 1. The first-order chi connectivity index (χ1) is 14.2. The van der Waals surface area contributed by atoms with Crippen LogP contribution in [0.1, 0.15) is 42.7 Å². The maximum absolute atomic E-state index is 12.8. The molecule has 0 spiro atoms. The van der Waals surface area contributed by atoms with Gasteiger partial charge in [-0.25, -0.2) is 0 Å². The molecule has 1 unspecified atom stereocenters. The highest BCUT2D eigenvalue weighted by atomic mass is 16.1. The largest absolute Gasteiger partial charge is 0.355 e. The Kier molecular flexibility index (Phi) is 6.30. The lowest BCUT2D eigenvalue weighted by atomic mass is 9.88. The van der Waals surface area contributed by atoms with E-state index in [0.717, 1.165) is 13.1 Å². The number of rotatable bonds is 7. The lowest BCUT2D eigenvalue weighted by Gasteiger charge is -2.26. The summed E-state index contributed by atoms with van der Waals surface area (Å²) >= 11 is 0. The molecule has 0 radical (unpaired) electrons. The zero-order valence-corrected chi connectivity index (χ0v) is 17.3. The Morgan fingerprint density at radius 2 is 1.72 bits per heavy atom. The summed E-state index contributed by atoms with van der Waals surface area (Å²) in [7, 11) is 2.08. The highest BCUT2D eigenvalue weighted by Gasteiger charge is 2.22. The molecule has 0 aliphatic carbocycles. The Bertz CT molecular complexity index is 941. The summed E-state index contributed by atoms with van der Waals surface area (Å²) in [5.41, 5.74) is 3.62. The van der Waals surface area contributed by atoms with E-state index in [1.807, 2.05) is 6.07 Å². The van der Waals surface area contributed by atoms with Gasteiger partial charge in [0.25, 0.3) is 0 Å². The van der Waals surface area contributed by atoms with Crippen LogP contribution in [0.2, 0.25) is 0 Å². The van der Waals surface area contributed by atoms with E-state index in [0.29, 0.717) is 6.42 Å². The molecule has 152 valence electrons. The molecule has 2 heterocycles. The molecule has 1 aliphatic rings. The van der Waals surface area contributed by atoms with Gasteiger partial charge in [0.1, 0.15) is 0 Å². The van der Waals surface area contributed by atoms with Crippen LogP contribution in [0, 0.1) is 0 Å². The van der Waals surface area contributed by atoms with E-state index in [2.05, 4.69) is 76.6 Å². The van der Waals surface area contributed by atoms with Gasteiger partial charge in [0.15, 0.2) is 0 Å². The fourth-order valence-corrected chi connectivity index (χ4v) is 4.54. The van der Waals surface area contributed by atoms with Gasteiger partial charge in [-0.05, 0) is 43.1 Å². The van der Waals surface area contributed by atoms with E-state index in [1.54, 1.807) is 0 Å². The highest BCUT2D eigenvalue weighted by molar-refractivity contribution is 5.86. The molecule has 29 heavy (non-hydrogen) atoms. The summed E-state index contributed by atoms with van der Waals surface area (Å²) in [5, 5.41) is 4.39.